The Kier molecular flexibility index (Phi) is 5.08. The van der Waals surface area contributed by atoms with Gasteiger partial charge < -0.3 is 20.5 Å². The summed E-state index contributed by atoms with van der Waals surface area (Å²) in [7, 11) is 0. The largest absolute Gasteiger partial charge is 0.444 e. The zero-order chi connectivity index (χ0) is 16.2. The molecule has 5 heteroatoms. The Hall–Kier alpha value is -1.59. The van der Waals surface area contributed by atoms with Crippen LogP contribution in [0.3, 0.4) is 0 Å². The van der Waals surface area contributed by atoms with Gasteiger partial charge in [0.05, 0.1) is 11.6 Å². The molecule has 1 aromatic carbocycles. The number of benzene rings is 1. The van der Waals surface area contributed by atoms with Crippen molar-refractivity contribution < 1.29 is 14.6 Å². The molecule has 1 aliphatic heterocycles. The first-order valence-electron chi connectivity index (χ1n) is 7.75. The van der Waals surface area contributed by atoms with Crippen LogP contribution in [0.5, 0.6) is 0 Å². The van der Waals surface area contributed by atoms with E-state index in [1.54, 1.807) is 0 Å². The van der Waals surface area contributed by atoms with E-state index in [1.165, 1.54) is 0 Å². The highest BCUT2D eigenvalue weighted by Gasteiger charge is 2.40. The molecule has 1 saturated heterocycles. The van der Waals surface area contributed by atoms with Gasteiger partial charge in [0.2, 0.25) is 0 Å². The Morgan fingerprint density at radius 2 is 2.09 bits per heavy atom. The molecule has 5 nitrogen and oxygen atoms in total. The van der Waals surface area contributed by atoms with Crippen LogP contribution >= 0.6 is 0 Å². The van der Waals surface area contributed by atoms with E-state index < -0.39 is 17.3 Å². The van der Waals surface area contributed by atoms with E-state index in [1.807, 2.05) is 51.1 Å². The lowest BCUT2D eigenvalue weighted by Gasteiger charge is -2.33. The number of β-amino-alcohol motifs (C(OH)–C–C–N with tert-alkyl or cyclic N) is 1. The number of alkyl carbamates (subject to hydrolysis) is 1. The van der Waals surface area contributed by atoms with Crippen LogP contribution in [-0.2, 0) is 11.2 Å². The number of rotatable bonds is 4. The van der Waals surface area contributed by atoms with E-state index >= 15 is 0 Å². The van der Waals surface area contributed by atoms with Crippen LogP contribution in [0.1, 0.15) is 32.8 Å². The predicted molar refractivity (Wildman–Crippen MR) is 85.7 cm³/mol. The number of amides is 1. The number of carbonyl (C=O) groups is 1. The van der Waals surface area contributed by atoms with Crippen LogP contribution in [0.2, 0.25) is 0 Å². The van der Waals surface area contributed by atoms with Gasteiger partial charge in [-0.15, -0.1) is 0 Å². The molecule has 1 fully saturated rings. The summed E-state index contributed by atoms with van der Waals surface area (Å²) in [6.45, 7) is 6.69. The second-order valence-electron chi connectivity index (χ2n) is 6.92. The quantitative estimate of drug-likeness (QED) is 0.794. The average molecular weight is 306 g/mol. The lowest BCUT2D eigenvalue weighted by Crippen LogP contribution is -2.55. The van der Waals surface area contributed by atoms with Crippen molar-refractivity contribution in [1.82, 2.24) is 10.6 Å². The maximum absolute atomic E-state index is 12.1. The molecule has 0 saturated carbocycles. The highest BCUT2D eigenvalue weighted by molar-refractivity contribution is 5.68. The molecule has 22 heavy (non-hydrogen) atoms. The van der Waals surface area contributed by atoms with Gasteiger partial charge in [0.15, 0.2) is 0 Å². The van der Waals surface area contributed by atoms with Crippen LogP contribution in [0.4, 0.5) is 4.79 Å². The molecule has 3 N–H and O–H groups in total. The molecule has 1 aliphatic rings. The van der Waals surface area contributed by atoms with Crippen LogP contribution in [0.15, 0.2) is 30.3 Å². The van der Waals surface area contributed by atoms with Crippen molar-refractivity contribution in [3.8, 4) is 0 Å². The first-order chi connectivity index (χ1) is 10.3. The second kappa shape index (κ2) is 6.67. The standard InChI is InChI=1S/C17H26N2O3/c1-16(2,3)22-15(20)19-14(17(21)9-10-18-12-17)11-13-7-5-4-6-8-13/h4-8,14,18,21H,9-12H2,1-3H3,(H,19,20). The maximum atomic E-state index is 12.1. The maximum Gasteiger partial charge on any atom is 0.407 e. The van der Waals surface area contributed by atoms with Crippen LogP contribution < -0.4 is 10.6 Å². The molecule has 0 radical (unpaired) electrons. The Labute approximate surface area is 132 Å². The topological polar surface area (TPSA) is 70.6 Å². The smallest absolute Gasteiger partial charge is 0.407 e. The number of aliphatic hydroxyl groups is 1. The summed E-state index contributed by atoms with van der Waals surface area (Å²) in [6, 6.07) is 9.46. The molecule has 122 valence electrons. The Balaban J connectivity index is 2.10. The first kappa shape index (κ1) is 16.8. The van der Waals surface area contributed by atoms with Crippen molar-refractivity contribution in [2.45, 2.75) is 50.9 Å². The van der Waals surface area contributed by atoms with Gasteiger partial charge in [0.25, 0.3) is 0 Å². The molecule has 0 aliphatic carbocycles. The van der Waals surface area contributed by atoms with Crippen molar-refractivity contribution in [2.24, 2.45) is 0 Å². The third-order valence-electron chi connectivity index (χ3n) is 3.79. The van der Waals surface area contributed by atoms with Gasteiger partial charge in [-0.1, -0.05) is 30.3 Å². The van der Waals surface area contributed by atoms with Gasteiger partial charge in [-0.3, -0.25) is 0 Å². The highest BCUT2D eigenvalue weighted by Crippen LogP contribution is 2.23. The molecule has 2 atom stereocenters. The summed E-state index contributed by atoms with van der Waals surface area (Å²) < 4.78 is 5.33. The minimum atomic E-state index is -0.952. The van der Waals surface area contributed by atoms with Crippen molar-refractivity contribution in [1.29, 1.82) is 0 Å². The van der Waals surface area contributed by atoms with Gasteiger partial charge in [-0.25, -0.2) is 4.79 Å². The fourth-order valence-electron chi connectivity index (χ4n) is 2.67. The summed E-state index contributed by atoms with van der Waals surface area (Å²) >= 11 is 0. The van der Waals surface area contributed by atoms with E-state index in [0.29, 0.717) is 19.4 Å². The fourth-order valence-corrected chi connectivity index (χ4v) is 2.67. The van der Waals surface area contributed by atoms with Crippen LogP contribution in [0, 0.1) is 0 Å². The number of carbonyl (C=O) groups excluding carboxylic acids is 1. The minimum absolute atomic E-state index is 0.389. The molecule has 0 aromatic heterocycles. The summed E-state index contributed by atoms with van der Waals surface area (Å²) in [5.74, 6) is 0. The van der Waals surface area contributed by atoms with E-state index in [4.69, 9.17) is 4.74 Å². The number of hydrogen-bond donors (Lipinski definition) is 3. The number of hydrogen-bond acceptors (Lipinski definition) is 4. The molecule has 0 spiro atoms. The molecule has 1 amide bonds. The van der Waals surface area contributed by atoms with Crippen molar-refractivity contribution >= 4 is 6.09 Å². The van der Waals surface area contributed by atoms with Crippen molar-refractivity contribution in [2.75, 3.05) is 13.1 Å². The Morgan fingerprint density at radius 3 is 2.64 bits per heavy atom. The lowest BCUT2D eigenvalue weighted by molar-refractivity contribution is 0.00665. The van der Waals surface area contributed by atoms with Gasteiger partial charge >= 0.3 is 6.09 Å². The Bertz CT molecular complexity index is 490. The normalized spacial score (nSPS) is 23.1. The molecule has 1 heterocycles. The minimum Gasteiger partial charge on any atom is -0.444 e. The fraction of sp³-hybridized carbons (Fsp3) is 0.588. The van der Waals surface area contributed by atoms with E-state index in [9.17, 15) is 9.90 Å². The van der Waals surface area contributed by atoms with Crippen LogP contribution in [-0.4, -0.2) is 41.5 Å². The van der Waals surface area contributed by atoms with Gasteiger partial charge in [-0.05, 0) is 45.7 Å². The molecule has 0 bridgehead atoms. The predicted octanol–water partition coefficient (Wildman–Crippen LogP) is 1.85. The zero-order valence-corrected chi connectivity index (χ0v) is 13.6. The number of nitrogens with one attached hydrogen (secondary N) is 2. The monoisotopic (exact) mass is 306 g/mol. The summed E-state index contributed by atoms with van der Waals surface area (Å²) in [5.41, 5.74) is -0.436. The van der Waals surface area contributed by atoms with Gasteiger partial charge in [0, 0.05) is 6.54 Å². The molecular formula is C17H26N2O3. The molecule has 2 rings (SSSR count). The first-order valence-corrected chi connectivity index (χ1v) is 7.75. The van der Waals surface area contributed by atoms with Gasteiger partial charge in [-0.2, -0.15) is 0 Å². The third kappa shape index (κ3) is 4.71. The molecule has 2 unspecified atom stereocenters. The van der Waals surface area contributed by atoms with E-state index in [2.05, 4.69) is 10.6 Å². The zero-order valence-electron chi connectivity index (χ0n) is 13.6. The van der Waals surface area contributed by atoms with Gasteiger partial charge in [0.1, 0.15) is 5.60 Å². The molecule has 1 aromatic rings. The lowest BCUT2D eigenvalue weighted by atomic mass is 9.88. The van der Waals surface area contributed by atoms with Crippen LogP contribution in [0.25, 0.3) is 0 Å². The third-order valence-corrected chi connectivity index (χ3v) is 3.79. The SMILES string of the molecule is CC(C)(C)OC(=O)NC(Cc1ccccc1)C1(O)CCNC1. The van der Waals surface area contributed by atoms with E-state index in [-0.39, 0.29) is 6.04 Å². The second-order valence-corrected chi connectivity index (χ2v) is 6.92. The Morgan fingerprint density at radius 1 is 1.41 bits per heavy atom. The summed E-state index contributed by atoms with van der Waals surface area (Å²) in [5, 5.41) is 16.8. The van der Waals surface area contributed by atoms with E-state index in [0.717, 1.165) is 12.1 Å². The van der Waals surface area contributed by atoms with Crippen molar-refractivity contribution in [3.63, 3.8) is 0 Å². The summed E-state index contributed by atoms with van der Waals surface area (Å²) in [6.07, 6.45) is 0.687. The average Bonchev–Trinajstić information content (AvgIpc) is 2.85. The number of ether oxygens (including phenoxy) is 1. The highest BCUT2D eigenvalue weighted by atomic mass is 16.6. The van der Waals surface area contributed by atoms with Crippen molar-refractivity contribution in [3.05, 3.63) is 35.9 Å². The molecular weight excluding hydrogens is 280 g/mol. The summed E-state index contributed by atoms with van der Waals surface area (Å²) in [4.78, 5) is 12.1.